The van der Waals surface area contributed by atoms with E-state index < -0.39 is 0 Å². The van der Waals surface area contributed by atoms with Crippen molar-refractivity contribution in [1.29, 1.82) is 0 Å². The number of rotatable bonds is 1. The molecule has 0 radical (unpaired) electrons. The van der Waals surface area contributed by atoms with Crippen molar-refractivity contribution < 1.29 is 0 Å². The van der Waals surface area contributed by atoms with E-state index in [4.69, 9.17) is 0 Å². The van der Waals surface area contributed by atoms with Crippen LogP contribution in [-0.2, 0) is 0 Å². The van der Waals surface area contributed by atoms with E-state index in [1.807, 2.05) is 11.8 Å². The summed E-state index contributed by atoms with van der Waals surface area (Å²) < 4.78 is 1.37. The van der Waals surface area contributed by atoms with Crippen molar-refractivity contribution in [2.24, 2.45) is 11.8 Å². The Morgan fingerprint density at radius 3 is 3.20 bits per heavy atom. The quantitative estimate of drug-likeness (QED) is 0.651. The number of allylic oxidation sites excluding steroid dienone is 1. The largest absolute Gasteiger partial charge is 0.115 e. The van der Waals surface area contributed by atoms with Crippen molar-refractivity contribution >= 4 is 27.7 Å². The van der Waals surface area contributed by atoms with E-state index in [1.165, 1.54) is 16.7 Å². The summed E-state index contributed by atoms with van der Waals surface area (Å²) in [7, 11) is 0. The Morgan fingerprint density at radius 2 is 2.60 bits per heavy atom. The molecule has 1 saturated carbocycles. The standard InChI is InChI=1S/C8H11BrS/c1-2-5-3-6-4-7(9)10-8(5)6/h4-6,8H,2-3H2,1H3/t5?,6?,8-/m0/s1. The van der Waals surface area contributed by atoms with Crippen molar-refractivity contribution in [3.05, 3.63) is 9.89 Å². The second kappa shape index (κ2) is 2.56. The van der Waals surface area contributed by atoms with Crippen molar-refractivity contribution in [1.82, 2.24) is 0 Å². The van der Waals surface area contributed by atoms with E-state index in [-0.39, 0.29) is 0 Å². The molecule has 2 rings (SSSR count). The molecule has 0 saturated heterocycles. The highest BCUT2D eigenvalue weighted by molar-refractivity contribution is 9.14. The third kappa shape index (κ3) is 0.964. The Hall–Kier alpha value is 0.570. The lowest BCUT2D eigenvalue weighted by Crippen LogP contribution is -2.35. The second-order valence-corrected chi connectivity index (χ2v) is 5.72. The molecule has 2 aliphatic rings. The highest BCUT2D eigenvalue weighted by Crippen LogP contribution is 2.54. The molecule has 0 N–H and O–H groups in total. The van der Waals surface area contributed by atoms with E-state index in [0.717, 1.165) is 17.1 Å². The van der Waals surface area contributed by atoms with Gasteiger partial charge in [-0.05, 0) is 34.2 Å². The summed E-state index contributed by atoms with van der Waals surface area (Å²) in [5.74, 6) is 1.91. The summed E-state index contributed by atoms with van der Waals surface area (Å²) in [6.07, 6.45) is 5.17. The summed E-state index contributed by atoms with van der Waals surface area (Å²) in [5, 5.41) is 0.930. The predicted octanol–water partition coefficient (Wildman–Crippen LogP) is 3.38. The van der Waals surface area contributed by atoms with Crippen LogP contribution < -0.4 is 0 Å². The van der Waals surface area contributed by atoms with E-state index in [1.54, 1.807) is 0 Å². The lowest BCUT2D eigenvalue weighted by Gasteiger charge is -2.38. The number of hydrogen-bond acceptors (Lipinski definition) is 1. The van der Waals surface area contributed by atoms with Crippen LogP contribution in [0.3, 0.4) is 0 Å². The van der Waals surface area contributed by atoms with Gasteiger partial charge in [0.2, 0.25) is 0 Å². The molecule has 0 amide bonds. The fourth-order valence-electron chi connectivity index (χ4n) is 1.85. The van der Waals surface area contributed by atoms with Gasteiger partial charge < -0.3 is 0 Å². The first kappa shape index (κ1) is 7.23. The van der Waals surface area contributed by atoms with E-state index in [2.05, 4.69) is 28.9 Å². The molecule has 1 aliphatic heterocycles. The lowest BCUT2D eigenvalue weighted by atomic mass is 9.73. The van der Waals surface area contributed by atoms with Crippen LogP contribution in [0.5, 0.6) is 0 Å². The van der Waals surface area contributed by atoms with Crippen LogP contribution >= 0.6 is 27.7 Å². The highest BCUT2D eigenvalue weighted by Gasteiger charge is 2.42. The average molecular weight is 219 g/mol. The van der Waals surface area contributed by atoms with Crippen LogP contribution in [0, 0.1) is 11.8 Å². The van der Waals surface area contributed by atoms with Crippen molar-refractivity contribution in [3.8, 4) is 0 Å². The zero-order valence-electron chi connectivity index (χ0n) is 6.01. The van der Waals surface area contributed by atoms with Gasteiger partial charge in [0.1, 0.15) is 0 Å². The lowest BCUT2D eigenvalue weighted by molar-refractivity contribution is 0.253. The van der Waals surface area contributed by atoms with E-state index in [0.29, 0.717) is 0 Å². The molecule has 56 valence electrons. The maximum atomic E-state index is 3.54. The number of halogens is 1. The number of fused-ring (bicyclic) bond motifs is 1. The minimum atomic E-state index is 0.907. The van der Waals surface area contributed by atoms with Gasteiger partial charge in [-0.25, -0.2) is 0 Å². The molecule has 2 unspecified atom stereocenters. The van der Waals surface area contributed by atoms with Gasteiger partial charge in [-0.3, -0.25) is 0 Å². The first-order chi connectivity index (χ1) is 4.81. The van der Waals surface area contributed by atoms with Crippen molar-refractivity contribution in [3.63, 3.8) is 0 Å². The van der Waals surface area contributed by atoms with Crippen LogP contribution in [0.4, 0.5) is 0 Å². The molecule has 0 aromatic heterocycles. The predicted molar refractivity (Wildman–Crippen MR) is 50.3 cm³/mol. The van der Waals surface area contributed by atoms with E-state index in [9.17, 15) is 0 Å². The Kier molecular flexibility index (Phi) is 1.85. The first-order valence-corrected chi connectivity index (χ1v) is 5.52. The Morgan fingerprint density at radius 1 is 1.80 bits per heavy atom. The van der Waals surface area contributed by atoms with Gasteiger partial charge in [-0.15, -0.1) is 11.8 Å². The molecule has 0 aromatic rings. The Bertz CT molecular complexity index is 176. The van der Waals surface area contributed by atoms with Gasteiger partial charge >= 0.3 is 0 Å². The van der Waals surface area contributed by atoms with Crippen LogP contribution in [0.2, 0.25) is 0 Å². The summed E-state index contributed by atoms with van der Waals surface area (Å²) in [6, 6.07) is 0. The van der Waals surface area contributed by atoms with Gasteiger partial charge in [0.25, 0.3) is 0 Å². The molecule has 1 aliphatic carbocycles. The summed E-state index contributed by atoms with van der Waals surface area (Å²) in [5.41, 5.74) is 0. The van der Waals surface area contributed by atoms with Crippen molar-refractivity contribution in [2.45, 2.75) is 25.0 Å². The van der Waals surface area contributed by atoms with Gasteiger partial charge in [0, 0.05) is 9.06 Å². The third-order valence-electron chi connectivity index (χ3n) is 2.58. The molecule has 0 spiro atoms. The molecule has 1 fully saturated rings. The van der Waals surface area contributed by atoms with Gasteiger partial charge in [0.15, 0.2) is 0 Å². The van der Waals surface area contributed by atoms with Crippen LogP contribution in [0.25, 0.3) is 0 Å². The molecule has 0 nitrogen and oxygen atoms in total. The fourth-order valence-corrected chi connectivity index (χ4v) is 4.22. The fraction of sp³-hybridized carbons (Fsp3) is 0.750. The Balaban J connectivity index is 2.00. The van der Waals surface area contributed by atoms with Crippen LogP contribution in [-0.4, -0.2) is 5.25 Å². The molecule has 3 atom stereocenters. The van der Waals surface area contributed by atoms with Gasteiger partial charge in [-0.1, -0.05) is 19.4 Å². The normalized spacial score (nSPS) is 44.2. The SMILES string of the molecule is CCC1CC2C=C(Br)S[C@H]21. The Labute approximate surface area is 74.6 Å². The summed E-state index contributed by atoms with van der Waals surface area (Å²) >= 11 is 5.57. The monoisotopic (exact) mass is 218 g/mol. The maximum absolute atomic E-state index is 3.54. The smallest absolute Gasteiger partial charge is 0.0469 e. The molecule has 1 heterocycles. The molecular weight excluding hydrogens is 208 g/mol. The van der Waals surface area contributed by atoms with Crippen LogP contribution in [0.15, 0.2) is 9.89 Å². The molecule has 2 heteroatoms. The summed E-state index contributed by atoms with van der Waals surface area (Å²) in [4.78, 5) is 0. The molecule has 0 aromatic carbocycles. The minimum absolute atomic E-state index is 0.907. The third-order valence-corrected chi connectivity index (χ3v) is 4.77. The maximum Gasteiger partial charge on any atom is 0.0469 e. The zero-order chi connectivity index (χ0) is 7.14. The first-order valence-electron chi connectivity index (χ1n) is 3.85. The highest BCUT2D eigenvalue weighted by atomic mass is 79.9. The van der Waals surface area contributed by atoms with Crippen molar-refractivity contribution in [2.75, 3.05) is 0 Å². The van der Waals surface area contributed by atoms with Gasteiger partial charge in [-0.2, -0.15) is 0 Å². The topological polar surface area (TPSA) is 0 Å². The second-order valence-electron chi connectivity index (χ2n) is 3.12. The molecular formula is C8H11BrS. The molecule has 10 heavy (non-hydrogen) atoms. The van der Waals surface area contributed by atoms with Gasteiger partial charge in [0.05, 0.1) is 0 Å². The molecule has 0 bridgehead atoms. The average Bonchev–Trinajstić information content (AvgIpc) is 2.15. The minimum Gasteiger partial charge on any atom is -0.115 e. The van der Waals surface area contributed by atoms with E-state index >= 15 is 0 Å². The number of hydrogen-bond donors (Lipinski definition) is 0. The zero-order valence-corrected chi connectivity index (χ0v) is 8.41. The summed E-state index contributed by atoms with van der Waals surface area (Å²) in [6.45, 7) is 2.30. The number of thioether (sulfide) groups is 1. The van der Waals surface area contributed by atoms with Crippen LogP contribution in [0.1, 0.15) is 19.8 Å².